The van der Waals surface area contributed by atoms with Gasteiger partial charge in [0.25, 0.3) is 0 Å². The van der Waals surface area contributed by atoms with Crippen LogP contribution in [0.3, 0.4) is 0 Å². The summed E-state index contributed by atoms with van der Waals surface area (Å²) < 4.78 is 24.7. The fourth-order valence-corrected chi connectivity index (χ4v) is 2.46. The van der Waals surface area contributed by atoms with E-state index >= 15 is 0 Å². The van der Waals surface area contributed by atoms with E-state index in [4.69, 9.17) is 9.47 Å². The normalized spacial score (nSPS) is 10.8. The van der Waals surface area contributed by atoms with Crippen LogP contribution in [0.15, 0.2) is 42.5 Å². The maximum Gasteiger partial charge on any atom is 0.165 e. The average Bonchev–Trinajstić information content (AvgIpc) is 2.58. The largest absolute Gasteiger partial charge is 0.494 e. The van der Waals surface area contributed by atoms with Gasteiger partial charge in [0.1, 0.15) is 12.4 Å². The molecule has 0 atom stereocenters. The lowest BCUT2D eigenvalue weighted by Crippen LogP contribution is -2.24. The first-order valence-electron chi connectivity index (χ1n) is 8.33. The van der Waals surface area contributed by atoms with Gasteiger partial charge in [0.05, 0.1) is 6.61 Å². The Morgan fingerprint density at radius 2 is 1.88 bits per heavy atom. The van der Waals surface area contributed by atoms with E-state index in [1.165, 1.54) is 6.07 Å². The summed E-state index contributed by atoms with van der Waals surface area (Å²) in [6.45, 7) is 5.63. The number of halogens is 1. The molecule has 25 heavy (non-hydrogen) atoms. The number of hydrogen-bond donors (Lipinski definition) is 0. The molecule has 0 spiro atoms. The van der Waals surface area contributed by atoms with E-state index in [0.29, 0.717) is 31.9 Å². The summed E-state index contributed by atoms with van der Waals surface area (Å²) in [6, 6.07) is 11.8. The highest BCUT2D eigenvalue weighted by atomic mass is 19.1. The second kappa shape index (κ2) is 9.18. The number of rotatable bonds is 9. The molecule has 0 aromatic heterocycles. The van der Waals surface area contributed by atoms with Crippen LogP contribution in [0.25, 0.3) is 0 Å². The average molecular weight is 345 g/mol. The Morgan fingerprint density at radius 3 is 2.56 bits per heavy atom. The summed E-state index contributed by atoms with van der Waals surface area (Å²) in [6.07, 6.45) is 0. The molecule has 0 fully saturated rings. The van der Waals surface area contributed by atoms with E-state index in [1.54, 1.807) is 31.2 Å². The molecule has 0 N–H and O–H groups in total. The van der Waals surface area contributed by atoms with Crippen molar-refractivity contribution in [1.29, 1.82) is 0 Å². The minimum atomic E-state index is -0.363. The number of ether oxygens (including phenoxy) is 2. The lowest BCUT2D eigenvalue weighted by molar-refractivity contribution is 0.101. The first-order chi connectivity index (χ1) is 12.0. The van der Waals surface area contributed by atoms with Crippen molar-refractivity contribution >= 4 is 5.78 Å². The monoisotopic (exact) mass is 345 g/mol. The highest BCUT2D eigenvalue weighted by Gasteiger charge is 2.11. The van der Waals surface area contributed by atoms with Gasteiger partial charge in [-0.3, -0.25) is 9.69 Å². The summed E-state index contributed by atoms with van der Waals surface area (Å²) >= 11 is 0. The van der Waals surface area contributed by atoms with Crippen LogP contribution in [0.2, 0.25) is 0 Å². The summed E-state index contributed by atoms with van der Waals surface area (Å²) in [5.74, 6) is 0.687. The van der Waals surface area contributed by atoms with Crippen molar-refractivity contribution in [3.8, 4) is 11.5 Å². The third-order valence-electron chi connectivity index (χ3n) is 3.77. The third-order valence-corrected chi connectivity index (χ3v) is 3.77. The van der Waals surface area contributed by atoms with Crippen LogP contribution in [0.5, 0.6) is 11.5 Å². The fourth-order valence-electron chi connectivity index (χ4n) is 2.46. The van der Waals surface area contributed by atoms with Gasteiger partial charge in [-0.05, 0) is 51.2 Å². The Balaban J connectivity index is 1.96. The Labute approximate surface area is 148 Å². The van der Waals surface area contributed by atoms with Gasteiger partial charge < -0.3 is 9.47 Å². The summed E-state index contributed by atoms with van der Waals surface area (Å²) in [4.78, 5) is 13.6. The second-order valence-corrected chi connectivity index (χ2v) is 5.83. The van der Waals surface area contributed by atoms with Crippen molar-refractivity contribution in [3.63, 3.8) is 0 Å². The smallest absolute Gasteiger partial charge is 0.165 e. The van der Waals surface area contributed by atoms with Crippen LogP contribution < -0.4 is 9.47 Å². The topological polar surface area (TPSA) is 38.8 Å². The van der Waals surface area contributed by atoms with Crippen LogP contribution in [-0.2, 0) is 6.54 Å². The predicted octanol–water partition coefficient (Wildman–Crippen LogP) is 3.94. The predicted molar refractivity (Wildman–Crippen MR) is 95.8 cm³/mol. The number of carbonyl (C=O) groups excluding carboxylic acids is 1. The molecule has 0 saturated heterocycles. The minimum Gasteiger partial charge on any atom is -0.494 e. The SMILES string of the molecule is CCOc1ccc(C(C)=O)cc1CN(C)CCOc1ccccc1F. The Hall–Kier alpha value is -2.40. The third kappa shape index (κ3) is 5.57. The highest BCUT2D eigenvalue weighted by Crippen LogP contribution is 2.22. The molecule has 134 valence electrons. The molecular weight excluding hydrogens is 321 g/mol. The fraction of sp³-hybridized carbons (Fsp3) is 0.350. The number of nitrogens with zero attached hydrogens (tertiary/aromatic N) is 1. The molecule has 4 nitrogen and oxygen atoms in total. The molecule has 0 aliphatic rings. The molecule has 0 amide bonds. The summed E-state index contributed by atoms with van der Waals surface area (Å²) in [7, 11) is 1.95. The first-order valence-corrected chi connectivity index (χ1v) is 8.33. The number of ketones is 1. The van der Waals surface area contributed by atoms with Gasteiger partial charge in [-0.25, -0.2) is 4.39 Å². The van der Waals surface area contributed by atoms with Gasteiger partial charge in [0.15, 0.2) is 17.3 Å². The number of carbonyl (C=O) groups is 1. The van der Waals surface area contributed by atoms with Gasteiger partial charge >= 0.3 is 0 Å². The Morgan fingerprint density at radius 1 is 1.12 bits per heavy atom. The standard InChI is InChI=1S/C20H24FNO3/c1-4-24-19-10-9-16(15(2)23)13-17(19)14-22(3)11-12-25-20-8-6-5-7-18(20)21/h5-10,13H,4,11-12,14H2,1-3H3. The highest BCUT2D eigenvalue weighted by molar-refractivity contribution is 5.94. The Bertz CT molecular complexity index is 718. The quantitative estimate of drug-likeness (QED) is 0.645. The van der Waals surface area contributed by atoms with Crippen molar-refractivity contribution in [1.82, 2.24) is 4.90 Å². The maximum atomic E-state index is 13.5. The van der Waals surface area contributed by atoms with Gasteiger partial charge in [0.2, 0.25) is 0 Å². The van der Waals surface area contributed by atoms with Crippen molar-refractivity contribution in [3.05, 3.63) is 59.4 Å². The van der Waals surface area contributed by atoms with E-state index in [2.05, 4.69) is 0 Å². The van der Waals surface area contributed by atoms with Crippen LogP contribution in [0.4, 0.5) is 4.39 Å². The summed E-state index contributed by atoms with van der Waals surface area (Å²) in [5.41, 5.74) is 1.61. The van der Waals surface area contributed by atoms with E-state index in [9.17, 15) is 9.18 Å². The molecule has 2 aromatic rings. The molecular formula is C20H24FNO3. The zero-order valence-electron chi connectivity index (χ0n) is 14.9. The van der Waals surface area contributed by atoms with Crippen LogP contribution >= 0.6 is 0 Å². The molecule has 2 rings (SSSR count). The molecule has 5 heteroatoms. The first kappa shape index (κ1) is 18.9. The van der Waals surface area contributed by atoms with Crippen molar-refractivity contribution in [2.45, 2.75) is 20.4 Å². The van der Waals surface area contributed by atoms with Crippen molar-refractivity contribution in [2.24, 2.45) is 0 Å². The molecule has 2 aromatic carbocycles. The molecule has 0 aliphatic heterocycles. The van der Waals surface area contributed by atoms with Crippen molar-refractivity contribution in [2.75, 3.05) is 26.8 Å². The zero-order chi connectivity index (χ0) is 18.2. The van der Waals surface area contributed by atoms with Gasteiger partial charge in [-0.15, -0.1) is 0 Å². The number of Topliss-reactive ketones (excluding diaryl/α,β-unsaturated/α-hetero) is 1. The molecule has 0 radical (unpaired) electrons. The van der Waals surface area contributed by atoms with E-state index < -0.39 is 0 Å². The van der Waals surface area contributed by atoms with E-state index in [1.807, 2.05) is 31.0 Å². The maximum absolute atomic E-state index is 13.5. The zero-order valence-corrected chi connectivity index (χ0v) is 14.9. The molecule has 0 bridgehead atoms. The number of benzene rings is 2. The van der Waals surface area contributed by atoms with Gasteiger partial charge in [0, 0.05) is 24.2 Å². The van der Waals surface area contributed by atoms with Gasteiger partial charge in [-0.1, -0.05) is 12.1 Å². The summed E-state index contributed by atoms with van der Waals surface area (Å²) in [5, 5.41) is 0. The molecule has 0 saturated carbocycles. The van der Waals surface area contributed by atoms with Crippen LogP contribution in [-0.4, -0.2) is 37.5 Å². The van der Waals surface area contributed by atoms with E-state index in [0.717, 1.165) is 11.3 Å². The van der Waals surface area contributed by atoms with E-state index in [-0.39, 0.29) is 17.3 Å². The lowest BCUT2D eigenvalue weighted by atomic mass is 10.1. The number of likely N-dealkylation sites (N-methyl/N-ethyl adjacent to an activating group) is 1. The van der Waals surface area contributed by atoms with Crippen molar-refractivity contribution < 1.29 is 18.7 Å². The molecule has 0 unspecified atom stereocenters. The minimum absolute atomic E-state index is 0.0230. The molecule has 0 aliphatic carbocycles. The van der Waals surface area contributed by atoms with Crippen LogP contribution in [0.1, 0.15) is 29.8 Å². The molecule has 0 heterocycles. The van der Waals surface area contributed by atoms with Crippen LogP contribution in [0, 0.1) is 5.82 Å². The lowest BCUT2D eigenvalue weighted by Gasteiger charge is -2.19. The number of hydrogen-bond acceptors (Lipinski definition) is 4. The van der Waals surface area contributed by atoms with Gasteiger partial charge in [-0.2, -0.15) is 0 Å². The number of para-hydroxylation sites is 1. The second-order valence-electron chi connectivity index (χ2n) is 5.83. The Kier molecular flexibility index (Phi) is 6.95.